The van der Waals surface area contributed by atoms with Gasteiger partial charge in [-0.3, -0.25) is 0 Å². The molecule has 0 spiro atoms. The van der Waals surface area contributed by atoms with Gasteiger partial charge in [0.25, 0.3) is 0 Å². The van der Waals surface area contributed by atoms with Gasteiger partial charge in [0.05, 0.1) is 17.5 Å². The Bertz CT molecular complexity index is 679. The van der Waals surface area contributed by atoms with Gasteiger partial charge in [-0.2, -0.15) is 5.26 Å². The monoisotopic (exact) mass is 254 g/mol. The fourth-order valence-electron chi connectivity index (χ4n) is 1.89. The molecule has 0 radical (unpaired) electrons. The van der Waals surface area contributed by atoms with Crippen LogP contribution in [-0.2, 0) is 0 Å². The summed E-state index contributed by atoms with van der Waals surface area (Å²) in [4.78, 5) is 7.92. The molecule has 6 nitrogen and oxygen atoms in total. The minimum Gasteiger partial charge on any atom is -0.486 e. The van der Waals surface area contributed by atoms with Crippen LogP contribution in [0, 0.1) is 11.3 Å². The Morgan fingerprint density at radius 3 is 2.79 bits per heavy atom. The molecule has 0 saturated heterocycles. The highest BCUT2D eigenvalue weighted by Crippen LogP contribution is 2.34. The number of aromatic nitrogens is 2. The largest absolute Gasteiger partial charge is 0.486 e. The lowest BCUT2D eigenvalue weighted by atomic mass is 10.1. The van der Waals surface area contributed by atoms with Crippen molar-refractivity contribution in [3.05, 3.63) is 30.0 Å². The molecule has 3 rings (SSSR count). The van der Waals surface area contributed by atoms with E-state index in [1.807, 2.05) is 12.1 Å². The van der Waals surface area contributed by atoms with Gasteiger partial charge in [0.1, 0.15) is 19.3 Å². The molecule has 1 aliphatic rings. The van der Waals surface area contributed by atoms with Gasteiger partial charge in [-0.05, 0) is 18.2 Å². The quantitative estimate of drug-likeness (QED) is 0.825. The summed E-state index contributed by atoms with van der Waals surface area (Å²) in [5.41, 5.74) is 7.17. The Morgan fingerprint density at radius 2 is 2.00 bits per heavy atom. The molecular weight excluding hydrogens is 244 g/mol. The van der Waals surface area contributed by atoms with E-state index in [4.69, 9.17) is 20.5 Å². The third-order valence-corrected chi connectivity index (χ3v) is 2.74. The second-order valence-corrected chi connectivity index (χ2v) is 3.96. The summed E-state index contributed by atoms with van der Waals surface area (Å²) in [6.45, 7) is 1.05. The molecule has 1 aromatic carbocycles. The van der Waals surface area contributed by atoms with Gasteiger partial charge < -0.3 is 15.2 Å². The van der Waals surface area contributed by atoms with Gasteiger partial charge in [0, 0.05) is 5.56 Å². The van der Waals surface area contributed by atoms with Crippen LogP contribution in [0.2, 0.25) is 0 Å². The van der Waals surface area contributed by atoms with Gasteiger partial charge in [0.15, 0.2) is 11.5 Å². The number of anilines is 1. The summed E-state index contributed by atoms with van der Waals surface area (Å²) >= 11 is 0. The molecule has 1 aromatic heterocycles. The van der Waals surface area contributed by atoms with Crippen LogP contribution in [-0.4, -0.2) is 23.2 Å². The van der Waals surface area contributed by atoms with Crippen molar-refractivity contribution in [3.63, 3.8) is 0 Å². The highest BCUT2D eigenvalue weighted by Gasteiger charge is 2.15. The average Bonchev–Trinajstić information content (AvgIpc) is 2.46. The maximum atomic E-state index is 9.08. The summed E-state index contributed by atoms with van der Waals surface area (Å²) < 4.78 is 11.0. The lowest BCUT2D eigenvalue weighted by Gasteiger charge is -2.18. The highest BCUT2D eigenvalue weighted by molar-refractivity contribution is 5.69. The van der Waals surface area contributed by atoms with Crippen LogP contribution in [0.4, 0.5) is 5.95 Å². The number of fused-ring (bicyclic) bond motifs is 1. The van der Waals surface area contributed by atoms with Crippen molar-refractivity contribution >= 4 is 5.95 Å². The SMILES string of the molecule is N#Cc1cnc(N)nc1-c1ccc2c(c1)OCCO2. The number of nitriles is 1. The summed E-state index contributed by atoms with van der Waals surface area (Å²) in [5.74, 6) is 1.46. The predicted octanol–water partition coefficient (Wildman–Crippen LogP) is 1.37. The molecule has 1 aliphatic heterocycles. The van der Waals surface area contributed by atoms with Crippen molar-refractivity contribution in [1.29, 1.82) is 5.26 Å². The van der Waals surface area contributed by atoms with Crippen molar-refractivity contribution < 1.29 is 9.47 Å². The summed E-state index contributed by atoms with van der Waals surface area (Å²) in [6.07, 6.45) is 1.41. The van der Waals surface area contributed by atoms with Crippen LogP contribution in [0.1, 0.15) is 5.56 Å². The van der Waals surface area contributed by atoms with Crippen molar-refractivity contribution in [1.82, 2.24) is 9.97 Å². The minimum absolute atomic E-state index is 0.129. The van der Waals surface area contributed by atoms with E-state index in [0.717, 1.165) is 5.56 Å². The highest BCUT2D eigenvalue weighted by atomic mass is 16.6. The molecule has 2 heterocycles. The molecule has 0 fully saturated rings. The zero-order valence-corrected chi connectivity index (χ0v) is 9.96. The maximum absolute atomic E-state index is 9.08. The Balaban J connectivity index is 2.12. The smallest absolute Gasteiger partial charge is 0.220 e. The molecule has 2 aromatic rings. The first kappa shape index (κ1) is 11.3. The van der Waals surface area contributed by atoms with Crippen LogP contribution in [0.5, 0.6) is 11.5 Å². The van der Waals surface area contributed by atoms with Crippen molar-refractivity contribution in [2.75, 3.05) is 18.9 Å². The number of nitrogens with two attached hydrogens (primary N) is 1. The van der Waals surface area contributed by atoms with Crippen molar-refractivity contribution in [2.45, 2.75) is 0 Å². The average molecular weight is 254 g/mol. The molecule has 0 aliphatic carbocycles. The van der Waals surface area contributed by atoms with E-state index in [0.29, 0.717) is 36.0 Å². The van der Waals surface area contributed by atoms with Crippen molar-refractivity contribution in [2.24, 2.45) is 0 Å². The number of hydrogen-bond donors (Lipinski definition) is 1. The van der Waals surface area contributed by atoms with E-state index < -0.39 is 0 Å². The molecule has 2 N–H and O–H groups in total. The minimum atomic E-state index is 0.129. The van der Waals surface area contributed by atoms with E-state index in [9.17, 15) is 0 Å². The first-order valence-corrected chi connectivity index (χ1v) is 5.70. The zero-order chi connectivity index (χ0) is 13.2. The number of nitrogen functional groups attached to an aromatic ring is 1. The summed E-state index contributed by atoms with van der Waals surface area (Å²) in [7, 11) is 0. The first-order valence-electron chi connectivity index (χ1n) is 5.70. The van der Waals surface area contributed by atoms with Gasteiger partial charge in [-0.15, -0.1) is 0 Å². The van der Waals surface area contributed by atoms with E-state index in [2.05, 4.69) is 9.97 Å². The Hall–Kier alpha value is -2.81. The third-order valence-electron chi connectivity index (χ3n) is 2.74. The van der Waals surface area contributed by atoms with Crippen LogP contribution in [0.25, 0.3) is 11.3 Å². The normalized spacial score (nSPS) is 12.8. The molecule has 0 amide bonds. The number of rotatable bonds is 1. The van der Waals surface area contributed by atoms with Gasteiger partial charge in [-0.1, -0.05) is 0 Å². The van der Waals surface area contributed by atoms with E-state index in [-0.39, 0.29) is 5.95 Å². The molecule has 0 bridgehead atoms. The van der Waals surface area contributed by atoms with E-state index >= 15 is 0 Å². The molecule has 0 atom stereocenters. The first-order chi connectivity index (χ1) is 9.28. The predicted molar refractivity (Wildman–Crippen MR) is 67.6 cm³/mol. The summed E-state index contributed by atoms with van der Waals surface area (Å²) in [6, 6.07) is 7.45. The van der Waals surface area contributed by atoms with Crippen LogP contribution in [0.3, 0.4) is 0 Å². The van der Waals surface area contributed by atoms with E-state index in [1.165, 1.54) is 6.20 Å². The number of nitrogens with zero attached hydrogens (tertiary/aromatic N) is 3. The third kappa shape index (κ3) is 2.02. The van der Waals surface area contributed by atoms with Gasteiger partial charge in [-0.25, -0.2) is 9.97 Å². The zero-order valence-electron chi connectivity index (χ0n) is 9.96. The molecule has 94 valence electrons. The maximum Gasteiger partial charge on any atom is 0.220 e. The molecule has 6 heteroatoms. The molecule has 0 saturated carbocycles. The van der Waals surface area contributed by atoms with E-state index in [1.54, 1.807) is 12.1 Å². The Morgan fingerprint density at radius 1 is 1.21 bits per heavy atom. The molecular formula is C13H10N4O2. The van der Waals surface area contributed by atoms with Gasteiger partial charge >= 0.3 is 0 Å². The lowest BCUT2D eigenvalue weighted by molar-refractivity contribution is 0.171. The Labute approximate surface area is 109 Å². The Kier molecular flexibility index (Phi) is 2.65. The molecule has 0 unspecified atom stereocenters. The topological polar surface area (TPSA) is 94.1 Å². The number of benzene rings is 1. The van der Waals surface area contributed by atoms with Gasteiger partial charge in [0.2, 0.25) is 5.95 Å². The number of ether oxygens (including phenoxy) is 2. The van der Waals surface area contributed by atoms with Crippen LogP contribution < -0.4 is 15.2 Å². The second-order valence-electron chi connectivity index (χ2n) is 3.96. The number of hydrogen-bond acceptors (Lipinski definition) is 6. The second kappa shape index (κ2) is 4.46. The molecule has 19 heavy (non-hydrogen) atoms. The van der Waals surface area contributed by atoms with Crippen LogP contribution in [0.15, 0.2) is 24.4 Å². The fraction of sp³-hybridized carbons (Fsp3) is 0.154. The van der Waals surface area contributed by atoms with Crippen molar-refractivity contribution in [3.8, 4) is 28.8 Å². The summed E-state index contributed by atoms with van der Waals surface area (Å²) in [5, 5.41) is 9.08. The standard InChI is InChI=1S/C13H10N4O2/c14-6-9-7-16-13(15)17-12(9)8-1-2-10-11(5-8)19-4-3-18-10/h1-2,5,7H,3-4H2,(H2,15,16,17). The fourth-order valence-corrected chi connectivity index (χ4v) is 1.89. The van der Waals surface area contributed by atoms with Crippen LogP contribution >= 0.6 is 0 Å². The lowest BCUT2D eigenvalue weighted by Crippen LogP contribution is -2.15.